The fourth-order valence-corrected chi connectivity index (χ4v) is 2.49. The van der Waals surface area contributed by atoms with Gasteiger partial charge in [0.1, 0.15) is 5.75 Å². The Balaban J connectivity index is 2.28. The van der Waals surface area contributed by atoms with Crippen molar-refractivity contribution in [3.05, 3.63) is 29.3 Å². The molecule has 2 rings (SSSR count). The molecule has 0 heterocycles. The summed E-state index contributed by atoms with van der Waals surface area (Å²) in [5.74, 6) is 1.22. The average Bonchev–Trinajstić information content (AvgIpc) is 2.64. The second-order valence-corrected chi connectivity index (χ2v) is 4.33. The normalized spacial score (nSPS) is 25.5. The third kappa shape index (κ3) is 2.00. The maximum atomic E-state index is 9.86. The average molecular weight is 206 g/mol. The molecule has 1 fully saturated rings. The van der Waals surface area contributed by atoms with Gasteiger partial charge in [-0.3, -0.25) is 0 Å². The van der Waals surface area contributed by atoms with E-state index in [9.17, 15) is 5.11 Å². The number of aliphatic hydroxyl groups is 1. The first-order valence-corrected chi connectivity index (χ1v) is 5.55. The van der Waals surface area contributed by atoms with Gasteiger partial charge in [0.15, 0.2) is 0 Å². The van der Waals surface area contributed by atoms with Crippen LogP contribution < -0.4 is 4.74 Å². The van der Waals surface area contributed by atoms with Crippen LogP contribution in [-0.4, -0.2) is 18.3 Å². The van der Waals surface area contributed by atoms with E-state index in [0.29, 0.717) is 5.92 Å². The molecule has 1 aliphatic carbocycles. The minimum atomic E-state index is -0.155. The van der Waals surface area contributed by atoms with Crippen LogP contribution in [0.4, 0.5) is 0 Å². The predicted octanol–water partition coefficient (Wildman–Crippen LogP) is 2.63. The number of aliphatic hydroxyl groups excluding tert-OH is 1. The molecule has 2 unspecified atom stereocenters. The molecule has 1 saturated carbocycles. The molecule has 2 atom stereocenters. The van der Waals surface area contributed by atoms with E-state index < -0.39 is 0 Å². The van der Waals surface area contributed by atoms with E-state index in [2.05, 4.69) is 13.0 Å². The zero-order valence-electron chi connectivity index (χ0n) is 9.36. The van der Waals surface area contributed by atoms with Crippen LogP contribution in [-0.2, 0) is 0 Å². The summed E-state index contributed by atoms with van der Waals surface area (Å²) >= 11 is 0. The first-order chi connectivity index (χ1) is 7.22. The van der Waals surface area contributed by atoms with Gasteiger partial charge < -0.3 is 9.84 Å². The van der Waals surface area contributed by atoms with Crippen LogP contribution in [0.25, 0.3) is 0 Å². The highest BCUT2D eigenvalue weighted by Gasteiger charge is 2.27. The minimum absolute atomic E-state index is 0.155. The highest BCUT2D eigenvalue weighted by atomic mass is 16.5. The maximum Gasteiger partial charge on any atom is 0.119 e. The van der Waals surface area contributed by atoms with Crippen LogP contribution in [0.2, 0.25) is 0 Å². The lowest BCUT2D eigenvalue weighted by atomic mass is 9.92. The largest absolute Gasteiger partial charge is 0.497 e. The van der Waals surface area contributed by atoms with E-state index in [1.165, 1.54) is 11.1 Å². The number of hydrogen-bond acceptors (Lipinski definition) is 2. The van der Waals surface area contributed by atoms with Crippen molar-refractivity contribution < 1.29 is 9.84 Å². The summed E-state index contributed by atoms with van der Waals surface area (Å²) in [5.41, 5.74) is 2.50. The van der Waals surface area contributed by atoms with Crippen molar-refractivity contribution in [2.75, 3.05) is 7.11 Å². The van der Waals surface area contributed by atoms with Crippen molar-refractivity contribution >= 4 is 0 Å². The van der Waals surface area contributed by atoms with Crippen LogP contribution in [0.15, 0.2) is 18.2 Å². The van der Waals surface area contributed by atoms with Crippen LogP contribution in [0.3, 0.4) is 0 Å². The molecule has 0 bridgehead atoms. The molecular weight excluding hydrogens is 188 g/mol. The van der Waals surface area contributed by atoms with Gasteiger partial charge in [-0.25, -0.2) is 0 Å². The number of benzene rings is 1. The van der Waals surface area contributed by atoms with E-state index >= 15 is 0 Å². The van der Waals surface area contributed by atoms with Crippen LogP contribution in [0, 0.1) is 6.92 Å². The molecule has 1 aliphatic rings. The standard InChI is InChI=1S/C13H18O2/c1-9-8-10(15-2)6-7-11(9)12-4-3-5-13(12)14/h6-8,12-14H,3-5H2,1-2H3. The van der Waals surface area contributed by atoms with Crippen molar-refractivity contribution in [2.24, 2.45) is 0 Å². The van der Waals surface area contributed by atoms with Gasteiger partial charge in [-0.05, 0) is 43.0 Å². The molecule has 1 aromatic rings. The molecule has 82 valence electrons. The van der Waals surface area contributed by atoms with Gasteiger partial charge in [0.2, 0.25) is 0 Å². The van der Waals surface area contributed by atoms with Gasteiger partial charge in [-0.15, -0.1) is 0 Å². The predicted molar refractivity (Wildman–Crippen MR) is 60.3 cm³/mol. The van der Waals surface area contributed by atoms with Gasteiger partial charge in [0, 0.05) is 5.92 Å². The zero-order valence-corrected chi connectivity index (χ0v) is 9.36. The summed E-state index contributed by atoms with van der Waals surface area (Å²) in [7, 11) is 1.68. The first-order valence-electron chi connectivity index (χ1n) is 5.55. The molecule has 0 spiro atoms. The molecule has 2 heteroatoms. The van der Waals surface area contributed by atoms with Crippen molar-refractivity contribution in [1.29, 1.82) is 0 Å². The monoisotopic (exact) mass is 206 g/mol. The smallest absolute Gasteiger partial charge is 0.119 e. The number of ether oxygens (including phenoxy) is 1. The quantitative estimate of drug-likeness (QED) is 0.806. The SMILES string of the molecule is COc1ccc(C2CCCC2O)c(C)c1. The molecule has 0 aromatic heterocycles. The van der Waals surface area contributed by atoms with Crippen molar-refractivity contribution in [2.45, 2.75) is 38.2 Å². The molecule has 1 N–H and O–H groups in total. The van der Waals surface area contributed by atoms with Gasteiger partial charge in [0.25, 0.3) is 0 Å². The fourth-order valence-electron chi connectivity index (χ4n) is 2.49. The summed E-state index contributed by atoms with van der Waals surface area (Å²) in [4.78, 5) is 0. The molecule has 0 amide bonds. The highest BCUT2D eigenvalue weighted by Crippen LogP contribution is 2.36. The highest BCUT2D eigenvalue weighted by molar-refractivity contribution is 5.37. The Morgan fingerprint density at radius 2 is 2.13 bits per heavy atom. The molecular formula is C13H18O2. The van der Waals surface area contributed by atoms with Gasteiger partial charge in [-0.2, -0.15) is 0 Å². The van der Waals surface area contributed by atoms with E-state index in [1.54, 1.807) is 7.11 Å². The van der Waals surface area contributed by atoms with Gasteiger partial charge in [-0.1, -0.05) is 12.5 Å². The number of hydrogen-bond donors (Lipinski definition) is 1. The second kappa shape index (κ2) is 4.23. The maximum absolute atomic E-state index is 9.86. The van der Waals surface area contributed by atoms with E-state index in [4.69, 9.17) is 4.74 Å². The zero-order chi connectivity index (χ0) is 10.8. The van der Waals surface area contributed by atoms with Crippen LogP contribution in [0.1, 0.15) is 36.3 Å². The minimum Gasteiger partial charge on any atom is -0.497 e. The second-order valence-electron chi connectivity index (χ2n) is 4.33. The van der Waals surface area contributed by atoms with Crippen LogP contribution >= 0.6 is 0 Å². The summed E-state index contributed by atoms with van der Waals surface area (Å²) in [6, 6.07) is 6.11. The molecule has 0 radical (unpaired) electrons. The summed E-state index contributed by atoms with van der Waals surface area (Å²) < 4.78 is 5.18. The molecule has 0 saturated heterocycles. The fraction of sp³-hybridized carbons (Fsp3) is 0.538. The Hall–Kier alpha value is -1.02. The van der Waals surface area contributed by atoms with Crippen molar-refractivity contribution in [1.82, 2.24) is 0 Å². The number of rotatable bonds is 2. The molecule has 15 heavy (non-hydrogen) atoms. The lowest BCUT2D eigenvalue weighted by Crippen LogP contribution is -2.12. The summed E-state index contributed by atoms with van der Waals surface area (Å²) in [5, 5.41) is 9.86. The molecule has 1 aromatic carbocycles. The van der Waals surface area contributed by atoms with Crippen molar-refractivity contribution in [3.8, 4) is 5.75 Å². The third-order valence-electron chi connectivity index (χ3n) is 3.36. The topological polar surface area (TPSA) is 29.5 Å². The Kier molecular flexibility index (Phi) is 2.96. The molecule has 2 nitrogen and oxygen atoms in total. The van der Waals surface area contributed by atoms with E-state index in [0.717, 1.165) is 25.0 Å². The number of aryl methyl sites for hydroxylation is 1. The first kappa shape index (κ1) is 10.5. The van der Waals surface area contributed by atoms with E-state index in [1.807, 2.05) is 12.1 Å². The number of methoxy groups -OCH3 is 1. The lowest BCUT2D eigenvalue weighted by molar-refractivity contribution is 0.163. The van der Waals surface area contributed by atoms with Gasteiger partial charge in [0.05, 0.1) is 13.2 Å². The Bertz CT molecular complexity index is 346. The third-order valence-corrected chi connectivity index (χ3v) is 3.36. The van der Waals surface area contributed by atoms with Gasteiger partial charge >= 0.3 is 0 Å². The lowest BCUT2D eigenvalue weighted by Gasteiger charge is -2.17. The summed E-state index contributed by atoms with van der Waals surface area (Å²) in [6.45, 7) is 2.09. The van der Waals surface area contributed by atoms with Crippen molar-refractivity contribution in [3.63, 3.8) is 0 Å². The summed E-state index contributed by atoms with van der Waals surface area (Å²) in [6.07, 6.45) is 3.03. The Morgan fingerprint density at radius 3 is 2.67 bits per heavy atom. The molecule has 0 aliphatic heterocycles. The Morgan fingerprint density at radius 1 is 1.33 bits per heavy atom. The Labute approximate surface area is 90.9 Å². The van der Waals surface area contributed by atoms with Crippen LogP contribution in [0.5, 0.6) is 5.75 Å². The van der Waals surface area contributed by atoms with E-state index in [-0.39, 0.29) is 6.10 Å².